The van der Waals surface area contributed by atoms with E-state index in [0.29, 0.717) is 18.4 Å². The molecule has 0 amide bonds. The van der Waals surface area contributed by atoms with Crippen molar-refractivity contribution in [1.29, 1.82) is 0 Å². The second kappa shape index (κ2) is 5.91. The first-order valence-electron chi connectivity index (χ1n) is 6.51. The zero-order chi connectivity index (χ0) is 14.0. The summed E-state index contributed by atoms with van der Waals surface area (Å²) in [5.41, 5.74) is 1.57. The molecule has 1 aromatic rings. The number of hydrogen-bond acceptors (Lipinski definition) is 1. The third-order valence-electron chi connectivity index (χ3n) is 3.46. The number of rotatable bonds is 3. The summed E-state index contributed by atoms with van der Waals surface area (Å²) in [5.74, 6) is -0.283. The molecule has 0 aromatic heterocycles. The molecule has 0 spiro atoms. The quantitative estimate of drug-likeness (QED) is 0.769. The van der Waals surface area contributed by atoms with Crippen LogP contribution >= 0.6 is 11.6 Å². The molecule has 1 aliphatic rings. The van der Waals surface area contributed by atoms with Gasteiger partial charge in [-0.25, -0.2) is 8.78 Å². The molecule has 2 atom stereocenters. The standard InChI is InChI=1S/C15H18ClF2N/c1-9-3-10(2)5-11(4-9)8-19-15-13(16)6-12(17)7-14(15)18/h3,6-7,9,11,19H,4-5,8H2,1-2H3. The van der Waals surface area contributed by atoms with Gasteiger partial charge >= 0.3 is 0 Å². The van der Waals surface area contributed by atoms with Gasteiger partial charge in [-0.3, -0.25) is 0 Å². The molecule has 1 nitrogen and oxygen atoms in total. The van der Waals surface area contributed by atoms with E-state index in [4.69, 9.17) is 11.6 Å². The van der Waals surface area contributed by atoms with Crippen molar-refractivity contribution < 1.29 is 8.78 Å². The maximum atomic E-state index is 13.6. The Kier molecular flexibility index (Phi) is 4.46. The van der Waals surface area contributed by atoms with Gasteiger partial charge in [0, 0.05) is 12.6 Å². The van der Waals surface area contributed by atoms with Crippen molar-refractivity contribution in [3.8, 4) is 0 Å². The van der Waals surface area contributed by atoms with Gasteiger partial charge in [0.15, 0.2) is 5.82 Å². The summed E-state index contributed by atoms with van der Waals surface area (Å²) in [4.78, 5) is 0. The minimum atomic E-state index is -0.655. The monoisotopic (exact) mass is 285 g/mol. The van der Waals surface area contributed by atoms with Gasteiger partial charge in [0.25, 0.3) is 0 Å². The highest BCUT2D eigenvalue weighted by atomic mass is 35.5. The van der Waals surface area contributed by atoms with Crippen molar-refractivity contribution >= 4 is 17.3 Å². The van der Waals surface area contributed by atoms with Gasteiger partial charge in [0.1, 0.15) is 5.82 Å². The Hall–Kier alpha value is -1.09. The Labute approximate surface area is 117 Å². The molecule has 4 heteroatoms. The Morgan fingerprint density at radius 2 is 2.11 bits per heavy atom. The highest BCUT2D eigenvalue weighted by molar-refractivity contribution is 6.33. The van der Waals surface area contributed by atoms with Crippen LogP contribution < -0.4 is 5.32 Å². The van der Waals surface area contributed by atoms with E-state index in [2.05, 4.69) is 25.2 Å². The van der Waals surface area contributed by atoms with Crippen LogP contribution in [0.5, 0.6) is 0 Å². The minimum Gasteiger partial charge on any atom is -0.381 e. The number of allylic oxidation sites excluding steroid dienone is 2. The molecule has 0 bridgehead atoms. The maximum Gasteiger partial charge on any atom is 0.150 e. The fraction of sp³-hybridized carbons (Fsp3) is 0.467. The van der Waals surface area contributed by atoms with Gasteiger partial charge in [0.05, 0.1) is 10.7 Å². The maximum absolute atomic E-state index is 13.6. The summed E-state index contributed by atoms with van der Waals surface area (Å²) in [7, 11) is 0. The van der Waals surface area contributed by atoms with Crippen molar-refractivity contribution in [2.45, 2.75) is 26.7 Å². The summed E-state index contributed by atoms with van der Waals surface area (Å²) in [6.07, 6.45) is 4.37. The molecule has 104 valence electrons. The molecule has 2 unspecified atom stereocenters. The molecule has 0 saturated heterocycles. The Balaban J connectivity index is 2.02. The molecular formula is C15H18ClF2N. The van der Waals surface area contributed by atoms with Crippen LogP contribution in [0.4, 0.5) is 14.5 Å². The molecule has 1 aromatic carbocycles. The smallest absolute Gasteiger partial charge is 0.150 e. The molecular weight excluding hydrogens is 268 g/mol. The highest BCUT2D eigenvalue weighted by Gasteiger charge is 2.19. The largest absolute Gasteiger partial charge is 0.381 e. The van der Waals surface area contributed by atoms with E-state index in [1.807, 2.05) is 0 Å². The lowest BCUT2D eigenvalue weighted by atomic mass is 9.84. The van der Waals surface area contributed by atoms with Crippen LogP contribution in [-0.4, -0.2) is 6.54 Å². The van der Waals surface area contributed by atoms with Crippen molar-refractivity contribution in [3.05, 3.63) is 40.4 Å². The van der Waals surface area contributed by atoms with Gasteiger partial charge in [-0.15, -0.1) is 0 Å². The molecule has 19 heavy (non-hydrogen) atoms. The fourth-order valence-electron chi connectivity index (χ4n) is 2.80. The normalized spacial score (nSPS) is 23.1. The van der Waals surface area contributed by atoms with E-state index < -0.39 is 11.6 Å². The van der Waals surface area contributed by atoms with Crippen LogP contribution in [0.15, 0.2) is 23.8 Å². The average molecular weight is 286 g/mol. The lowest BCUT2D eigenvalue weighted by Crippen LogP contribution is -2.20. The van der Waals surface area contributed by atoms with Gasteiger partial charge in [0.2, 0.25) is 0 Å². The predicted octanol–water partition coefficient (Wildman–Crippen LogP) is 5.02. The first kappa shape index (κ1) is 14.3. The summed E-state index contributed by atoms with van der Waals surface area (Å²) < 4.78 is 26.6. The van der Waals surface area contributed by atoms with Gasteiger partial charge in [-0.05, 0) is 37.7 Å². The van der Waals surface area contributed by atoms with Crippen LogP contribution in [0.3, 0.4) is 0 Å². The van der Waals surface area contributed by atoms with Crippen LogP contribution in [0.1, 0.15) is 26.7 Å². The van der Waals surface area contributed by atoms with Crippen LogP contribution in [0, 0.1) is 23.5 Å². The zero-order valence-electron chi connectivity index (χ0n) is 11.1. The Morgan fingerprint density at radius 3 is 2.74 bits per heavy atom. The third kappa shape index (κ3) is 3.69. The van der Waals surface area contributed by atoms with E-state index in [9.17, 15) is 8.78 Å². The zero-order valence-corrected chi connectivity index (χ0v) is 11.9. The van der Waals surface area contributed by atoms with Crippen LogP contribution in [-0.2, 0) is 0 Å². The lowest BCUT2D eigenvalue weighted by molar-refractivity contribution is 0.420. The molecule has 0 heterocycles. The number of benzene rings is 1. The summed E-state index contributed by atoms with van der Waals surface area (Å²) >= 11 is 5.86. The average Bonchev–Trinajstić information content (AvgIpc) is 2.25. The molecule has 2 rings (SSSR count). The third-order valence-corrected chi connectivity index (χ3v) is 3.76. The number of halogens is 3. The van der Waals surface area contributed by atoms with Gasteiger partial charge in [-0.1, -0.05) is 30.2 Å². The molecule has 0 saturated carbocycles. The van der Waals surface area contributed by atoms with E-state index in [0.717, 1.165) is 25.0 Å². The van der Waals surface area contributed by atoms with Crippen LogP contribution in [0.2, 0.25) is 5.02 Å². The van der Waals surface area contributed by atoms with E-state index in [1.165, 1.54) is 5.57 Å². The number of hydrogen-bond donors (Lipinski definition) is 1. The lowest BCUT2D eigenvalue weighted by Gasteiger charge is -2.26. The Morgan fingerprint density at radius 1 is 1.37 bits per heavy atom. The van der Waals surface area contributed by atoms with E-state index in [1.54, 1.807) is 0 Å². The van der Waals surface area contributed by atoms with Crippen LogP contribution in [0.25, 0.3) is 0 Å². The second-order valence-corrected chi connectivity index (χ2v) is 5.83. The van der Waals surface area contributed by atoms with Crippen molar-refractivity contribution in [3.63, 3.8) is 0 Å². The van der Waals surface area contributed by atoms with Crippen molar-refractivity contribution in [2.24, 2.45) is 11.8 Å². The second-order valence-electron chi connectivity index (χ2n) is 5.42. The summed E-state index contributed by atoms with van der Waals surface area (Å²) in [6, 6.07) is 1.98. The molecule has 0 fully saturated rings. The molecule has 0 aliphatic heterocycles. The fourth-order valence-corrected chi connectivity index (χ4v) is 3.06. The summed E-state index contributed by atoms with van der Waals surface area (Å²) in [6.45, 7) is 4.95. The number of anilines is 1. The van der Waals surface area contributed by atoms with Crippen molar-refractivity contribution in [1.82, 2.24) is 0 Å². The molecule has 1 aliphatic carbocycles. The molecule has 0 radical (unpaired) electrons. The SMILES string of the molecule is CC1=CC(C)CC(CNc2c(F)cc(F)cc2Cl)C1. The number of nitrogens with one attached hydrogen (secondary N) is 1. The van der Waals surface area contributed by atoms with E-state index >= 15 is 0 Å². The van der Waals surface area contributed by atoms with Crippen molar-refractivity contribution in [2.75, 3.05) is 11.9 Å². The van der Waals surface area contributed by atoms with E-state index in [-0.39, 0.29) is 10.7 Å². The molecule has 1 N–H and O–H groups in total. The highest BCUT2D eigenvalue weighted by Crippen LogP contribution is 2.30. The Bertz CT molecular complexity index is 476. The first-order chi connectivity index (χ1) is 8.95. The topological polar surface area (TPSA) is 12.0 Å². The minimum absolute atomic E-state index is 0.0913. The first-order valence-corrected chi connectivity index (χ1v) is 6.89. The predicted molar refractivity (Wildman–Crippen MR) is 75.5 cm³/mol. The van der Waals surface area contributed by atoms with Gasteiger partial charge in [-0.2, -0.15) is 0 Å². The van der Waals surface area contributed by atoms with Gasteiger partial charge < -0.3 is 5.32 Å². The summed E-state index contributed by atoms with van der Waals surface area (Å²) in [5, 5.41) is 3.11.